The zero-order valence-corrected chi connectivity index (χ0v) is 15.4. The van der Waals surface area contributed by atoms with Gasteiger partial charge in [-0.1, -0.05) is 25.5 Å². The maximum atomic E-state index is 12.8. The molecule has 0 radical (unpaired) electrons. The van der Waals surface area contributed by atoms with E-state index >= 15 is 0 Å². The summed E-state index contributed by atoms with van der Waals surface area (Å²) in [6.45, 7) is 6.75. The van der Waals surface area contributed by atoms with Crippen LogP contribution in [0.2, 0.25) is 0 Å². The van der Waals surface area contributed by atoms with E-state index in [1.54, 1.807) is 11.6 Å². The Hall–Kier alpha value is -2.83. The Bertz CT molecular complexity index is 795. The van der Waals surface area contributed by atoms with Crippen LogP contribution in [0.5, 0.6) is 5.75 Å². The van der Waals surface area contributed by atoms with E-state index in [4.69, 9.17) is 9.47 Å². The molecule has 7 nitrogen and oxygen atoms in total. The number of esters is 1. The molecule has 0 fully saturated rings. The first-order valence-corrected chi connectivity index (χ1v) is 8.99. The fourth-order valence-corrected chi connectivity index (χ4v) is 3.13. The van der Waals surface area contributed by atoms with E-state index in [0.29, 0.717) is 24.7 Å². The van der Waals surface area contributed by atoms with E-state index in [1.165, 1.54) is 6.33 Å². The highest BCUT2D eigenvalue weighted by Crippen LogP contribution is 2.37. The first-order valence-electron chi connectivity index (χ1n) is 8.99. The van der Waals surface area contributed by atoms with Crippen molar-refractivity contribution in [2.75, 3.05) is 18.5 Å². The average Bonchev–Trinajstić information content (AvgIpc) is 3.10. The summed E-state index contributed by atoms with van der Waals surface area (Å²) in [5.74, 6) is 1.09. The van der Waals surface area contributed by atoms with Crippen molar-refractivity contribution < 1.29 is 14.3 Å². The number of rotatable bonds is 7. The highest BCUT2D eigenvalue weighted by atomic mass is 16.5. The molecule has 0 amide bonds. The molecule has 2 heterocycles. The number of anilines is 1. The van der Waals surface area contributed by atoms with Crippen molar-refractivity contribution in [3.8, 4) is 5.75 Å². The summed E-state index contributed by atoms with van der Waals surface area (Å²) in [6.07, 6.45) is 3.12. The van der Waals surface area contributed by atoms with Gasteiger partial charge in [0.2, 0.25) is 5.95 Å². The van der Waals surface area contributed by atoms with Gasteiger partial charge in [-0.3, -0.25) is 0 Å². The molecule has 0 bridgehead atoms. The van der Waals surface area contributed by atoms with E-state index in [-0.39, 0.29) is 12.0 Å². The molecule has 7 heteroatoms. The number of aromatic nitrogens is 3. The molecule has 0 saturated heterocycles. The lowest BCUT2D eigenvalue weighted by Crippen LogP contribution is -2.30. The summed E-state index contributed by atoms with van der Waals surface area (Å²) in [5, 5.41) is 7.57. The molecule has 1 N–H and O–H groups in total. The van der Waals surface area contributed by atoms with Crippen molar-refractivity contribution >= 4 is 11.9 Å². The van der Waals surface area contributed by atoms with Gasteiger partial charge in [0, 0.05) is 5.70 Å². The molecule has 1 aliphatic heterocycles. The molecule has 1 atom stereocenters. The van der Waals surface area contributed by atoms with Crippen LogP contribution in [-0.4, -0.2) is 33.9 Å². The van der Waals surface area contributed by atoms with Gasteiger partial charge in [0.05, 0.1) is 18.8 Å². The Kier molecular flexibility index (Phi) is 5.55. The Morgan fingerprint density at radius 2 is 1.96 bits per heavy atom. The van der Waals surface area contributed by atoms with E-state index in [1.807, 2.05) is 31.2 Å². The van der Waals surface area contributed by atoms with Crippen LogP contribution in [0.1, 0.15) is 45.2 Å². The highest BCUT2D eigenvalue weighted by Gasteiger charge is 2.35. The quantitative estimate of drug-likeness (QED) is 0.767. The normalized spacial score (nSPS) is 16.0. The zero-order chi connectivity index (χ0) is 18.5. The maximum absolute atomic E-state index is 12.8. The van der Waals surface area contributed by atoms with Crippen LogP contribution in [0.15, 0.2) is 41.9 Å². The molecule has 0 unspecified atom stereocenters. The number of nitrogens with zero attached hydrogens (tertiary/aromatic N) is 3. The van der Waals surface area contributed by atoms with Crippen molar-refractivity contribution in [3.63, 3.8) is 0 Å². The van der Waals surface area contributed by atoms with Gasteiger partial charge >= 0.3 is 5.97 Å². The lowest BCUT2D eigenvalue weighted by atomic mass is 9.94. The fourth-order valence-electron chi connectivity index (χ4n) is 3.13. The summed E-state index contributed by atoms with van der Waals surface area (Å²) < 4.78 is 12.6. The van der Waals surface area contributed by atoms with Gasteiger partial charge in [-0.2, -0.15) is 10.1 Å². The number of fused-ring (bicyclic) bond motifs is 1. The molecule has 0 spiro atoms. The van der Waals surface area contributed by atoms with Gasteiger partial charge in [-0.05, 0) is 38.0 Å². The van der Waals surface area contributed by atoms with Gasteiger partial charge in [-0.25, -0.2) is 9.48 Å². The summed E-state index contributed by atoms with van der Waals surface area (Å²) in [5.41, 5.74) is 2.35. The van der Waals surface area contributed by atoms with Gasteiger partial charge in [-0.15, -0.1) is 0 Å². The standard InChI is InChI=1S/C19H24N4O3/c1-4-7-15-16(18(24)26-6-3)17(23-19(22-15)20-12-21-23)13-8-10-14(11-9-13)25-5-2/h8-12,17H,4-7H2,1-3H3,(H,20,21,22)/t17-/m1/s1. The van der Waals surface area contributed by atoms with Crippen molar-refractivity contribution in [2.24, 2.45) is 0 Å². The second kappa shape index (κ2) is 8.03. The van der Waals surface area contributed by atoms with Crippen LogP contribution in [0.4, 0.5) is 5.95 Å². The van der Waals surface area contributed by atoms with Gasteiger partial charge in [0.15, 0.2) is 0 Å². The monoisotopic (exact) mass is 356 g/mol. The third kappa shape index (κ3) is 3.42. The molecule has 26 heavy (non-hydrogen) atoms. The molecule has 138 valence electrons. The molecule has 3 rings (SSSR count). The topological polar surface area (TPSA) is 78.3 Å². The Balaban J connectivity index is 2.09. The highest BCUT2D eigenvalue weighted by molar-refractivity contribution is 5.92. The third-order valence-electron chi connectivity index (χ3n) is 4.18. The van der Waals surface area contributed by atoms with Gasteiger partial charge < -0.3 is 14.8 Å². The number of ether oxygens (including phenoxy) is 2. The van der Waals surface area contributed by atoms with Crippen LogP contribution in [0.25, 0.3) is 0 Å². The lowest BCUT2D eigenvalue weighted by molar-refractivity contribution is -0.139. The van der Waals surface area contributed by atoms with Crippen LogP contribution < -0.4 is 10.1 Å². The minimum Gasteiger partial charge on any atom is -0.494 e. The van der Waals surface area contributed by atoms with Crippen LogP contribution in [0.3, 0.4) is 0 Å². The average molecular weight is 356 g/mol. The first kappa shape index (κ1) is 18.0. The van der Waals surface area contributed by atoms with Crippen LogP contribution in [0, 0.1) is 0 Å². The lowest BCUT2D eigenvalue weighted by Gasteiger charge is -2.29. The largest absolute Gasteiger partial charge is 0.494 e. The van der Waals surface area contributed by atoms with Crippen molar-refractivity contribution in [2.45, 2.75) is 39.7 Å². The predicted octanol–water partition coefficient (Wildman–Crippen LogP) is 3.31. The molecule has 0 saturated carbocycles. The second-order valence-corrected chi connectivity index (χ2v) is 5.92. The Labute approximate surface area is 153 Å². The smallest absolute Gasteiger partial charge is 0.338 e. The second-order valence-electron chi connectivity index (χ2n) is 5.92. The van der Waals surface area contributed by atoms with Crippen molar-refractivity contribution in [1.82, 2.24) is 14.8 Å². The first-order chi connectivity index (χ1) is 12.7. The van der Waals surface area contributed by atoms with E-state index in [2.05, 4.69) is 22.3 Å². The molecule has 0 aliphatic carbocycles. The van der Waals surface area contributed by atoms with Crippen molar-refractivity contribution in [1.29, 1.82) is 0 Å². The summed E-state index contributed by atoms with van der Waals surface area (Å²) in [4.78, 5) is 17.0. The van der Waals surface area contributed by atoms with E-state index in [0.717, 1.165) is 29.9 Å². The molecule has 1 aromatic carbocycles. The number of carbonyl (C=O) groups is 1. The van der Waals surface area contributed by atoms with Gasteiger partial charge in [0.25, 0.3) is 0 Å². The maximum Gasteiger partial charge on any atom is 0.338 e. The molecular weight excluding hydrogens is 332 g/mol. The number of nitrogens with one attached hydrogen (secondary N) is 1. The molecule has 2 aromatic rings. The van der Waals surface area contributed by atoms with E-state index in [9.17, 15) is 4.79 Å². The summed E-state index contributed by atoms with van der Waals surface area (Å²) in [6, 6.07) is 7.33. The molecular formula is C19H24N4O3. The number of hydrogen-bond acceptors (Lipinski definition) is 6. The minimum absolute atomic E-state index is 0.321. The van der Waals surface area contributed by atoms with Crippen molar-refractivity contribution in [3.05, 3.63) is 47.4 Å². The van der Waals surface area contributed by atoms with Gasteiger partial charge in [0.1, 0.15) is 18.1 Å². The number of hydrogen-bond donors (Lipinski definition) is 1. The fraction of sp³-hybridized carbons (Fsp3) is 0.421. The Morgan fingerprint density at radius 1 is 1.19 bits per heavy atom. The summed E-state index contributed by atoms with van der Waals surface area (Å²) >= 11 is 0. The number of carbonyl (C=O) groups excluding carboxylic acids is 1. The number of benzene rings is 1. The Morgan fingerprint density at radius 3 is 2.62 bits per heavy atom. The minimum atomic E-state index is -0.384. The summed E-state index contributed by atoms with van der Waals surface area (Å²) in [7, 11) is 0. The number of allylic oxidation sites excluding steroid dienone is 1. The van der Waals surface area contributed by atoms with Crippen LogP contribution in [-0.2, 0) is 9.53 Å². The molecule has 1 aromatic heterocycles. The zero-order valence-electron chi connectivity index (χ0n) is 15.4. The van der Waals surface area contributed by atoms with E-state index < -0.39 is 0 Å². The third-order valence-corrected chi connectivity index (χ3v) is 4.18. The predicted molar refractivity (Wildman–Crippen MR) is 98.0 cm³/mol. The van der Waals surface area contributed by atoms with Crippen LogP contribution >= 0.6 is 0 Å². The molecule has 1 aliphatic rings. The SMILES string of the molecule is CCCC1=C(C(=O)OCC)[C@@H](c2ccc(OCC)cc2)n2ncnc2N1.